The standard InChI is InChI=1S/C12H16N2O2/c1-9-5-4-6-10(14(15)16)11(9)12(13)7-2-3-8-12/h4-6H,2-3,7-8,13H2,1H3. The number of nitrogens with zero attached hydrogens (tertiary/aromatic N) is 1. The topological polar surface area (TPSA) is 69.2 Å². The number of aryl methyl sites for hydroxylation is 1. The Bertz CT molecular complexity index is 423. The first-order chi connectivity index (χ1) is 7.54. The molecule has 2 rings (SSSR count). The molecular formula is C12H16N2O2. The summed E-state index contributed by atoms with van der Waals surface area (Å²) in [4.78, 5) is 10.7. The Kier molecular flexibility index (Phi) is 2.68. The van der Waals surface area contributed by atoms with E-state index in [4.69, 9.17) is 5.73 Å². The van der Waals surface area contributed by atoms with Gasteiger partial charge in [-0.1, -0.05) is 25.0 Å². The molecule has 0 atom stereocenters. The zero-order chi connectivity index (χ0) is 11.8. The van der Waals surface area contributed by atoms with Gasteiger partial charge in [0.1, 0.15) is 0 Å². The maximum Gasteiger partial charge on any atom is 0.274 e. The van der Waals surface area contributed by atoms with Gasteiger partial charge >= 0.3 is 0 Å². The summed E-state index contributed by atoms with van der Waals surface area (Å²) >= 11 is 0. The molecule has 0 unspecified atom stereocenters. The van der Waals surface area contributed by atoms with Gasteiger partial charge in [-0.05, 0) is 25.3 Å². The number of nitrogens with two attached hydrogens (primary N) is 1. The number of rotatable bonds is 2. The minimum absolute atomic E-state index is 0.171. The van der Waals surface area contributed by atoms with Crippen LogP contribution in [0.5, 0.6) is 0 Å². The number of benzene rings is 1. The molecule has 1 saturated carbocycles. The molecule has 1 aromatic rings. The number of hydrogen-bond acceptors (Lipinski definition) is 3. The monoisotopic (exact) mass is 220 g/mol. The van der Waals surface area contributed by atoms with Gasteiger partial charge in [-0.3, -0.25) is 10.1 Å². The largest absolute Gasteiger partial charge is 0.321 e. The van der Waals surface area contributed by atoms with E-state index in [0.29, 0.717) is 0 Å². The Balaban J connectivity index is 2.57. The quantitative estimate of drug-likeness (QED) is 0.615. The van der Waals surface area contributed by atoms with E-state index in [9.17, 15) is 10.1 Å². The Hall–Kier alpha value is -1.42. The van der Waals surface area contributed by atoms with Gasteiger partial charge in [0, 0.05) is 11.6 Å². The molecule has 1 fully saturated rings. The van der Waals surface area contributed by atoms with Crippen LogP contribution in [-0.4, -0.2) is 4.92 Å². The molecule has 0 bridgehead atoms. The molecule has 0 amide bonds. The van der Waals surface area contributed by atoms with Crippen molar-refractivity contribution in [3.05, 3.63) is 39.4 Å². The lowest BCUT2D eigenvalue weighted by Crippen LogP contribution is -2.34. The average molecular weight is 220 g/mol. The Morgan fingerprint density at radius 1 is 1.38 bits per heavy atom. The number of nitro benzene ring substituents is 1. The van der Waals surface area contributed by atoms with Crippen LogP contribution in [0.3, 0.4) is 0 Å². The molecule has 1 aliphatic rings. The molecule has 86 valence electrons. The highest BCUT2D eigenvalue weighted by atomic mass is 16.6. The van der Waals surface area contributed by atoms with E-state index in [2.05, 4.69) is 0 Å². The van der Waals surface area contributed by atoms with Crippen LogP contribution < -0.4 is 5.73 Å². The van der Waals surface area contributed by atoms with Crippen molar-refractivity contribution in [2.75, 3.05) is 0 Å². The maximum absolute atomic E-state index is 11.0. The minimum Gasteiger partial charge on any atom is -0.321 e. The molecule has 0 saturated heterocycles. The summed E-state index contributed by atoms with van der Waals surface area (Å²) in [5, 5.41) is 11.0. The van der Waals surface area contributed by atoms with Crippen molar-refractivity contribution in [2.45, 2.75) is 38.1 Å². The van der Waals surface area contributed by atoms with E-state index >= 15 is 0 Å². The molecule has 0 spiro atoms. The summed E-state index contributed by atoms with van der Waals surface area (Å²) < 4.78 is 0. The first kappa shape index (κ1) is 11.1. The van der Waals surface area contributed by atoms with Crippen molar-refractivity contribution in [1.82, 2.24) is 0 Å². The molecule has 2 N–H and O–H groups in total. The van der Waals surface area contributed by atoms with Crippen molar-refractivity contribution in [2.24, 2.45) is 5.73 Å². The van der Waals surface area contributed by atoms with Crippen LogP contribution in [0.2, 0.25) is 0 Å². The van der Waals surface area contributed by atoms with Crippen molar-refractivity contribution < 1.29 is 4.92 Å². The van der Waals surface area contributed by atoms with Crippen LogP contribution >= 0.6 is 0 Å². The molecule has 4 nitrogen and oxygen atoms in total. The summed E-state index contributed by atoms with van der Waals surface area (Å²) in [6, 6.07) is 5.17. The van der Waals surface area contributed by atoms with Crippen molar-refractivity contribution in [1.29, 1.82) is 0 Å². The fourth-order valence-electron chi connectivity index (χ4n) is 2.71. The Labute approximate surface area is 94.6 Å². The molecule has 16 heavy (non-hydrogen) atoms. The SMILES string of the molecule is Cc1cccc([N+](=O)[O-])c1C1(N)CCCC1. The summed E-state index contributed by atoms with van der Waals surface area (Å²) in [5.74, 6) is 0. The van der Waals surface area contributed by atoms with Gasteiger partial charge in [0.15, 0.2) is 0 Å². The highest BCUT2D eigenvalue weighted by molar-refractivity contribution is 5.49. The predicted octanol–water partition coefficient (Wildman–Crippen LogP) is 2.63. The normalized spacial score (nSPS) is 18.6. The zero-order valence-electron chi connectivity index (χ0n) is 9.40. The molecule has 0 aromatic heterocycles. The van der Waals surface area contributed by atoms with E-state index in [-0.39, 0.29) is 10.6 Å². The van der Waals surface area contributed by atoms with Crippen LogP contribution in [-0.2, 0) is 5.54 Å². The van der Waals surface area contributed by atoms with Gasteiger partial charge in [-0.15, -0.1) is 0 Å². The molecule has 1 aliphatic carbocycles. The van der Waals surface area contributed by atoms with Crippen molar-refractivity contribution in [3.63, 3.8) is 0 Å². The van der Waals surface area contributed by atoms with Gasteiger partial charge in [0.05, 0.1) is 10.5 Å². The molecule has 0 aliphatic heterocycles. The molecule has 1 aromatic carbocycles. The second-order valence-corrected chi connectivity index (χ2v) is 4.59. The molecular weight excluding hydrogens is 204 g/mol. The van der Waals surface area contributed by atoms with E-state index in [1.54, 1.807) is 12.1 Å². The summed E-state index contributed by atoms with van der Waals surface area (Å²) in [6.07, 6.45) is 3.81. The minimum atomic E-state index is -0.492. The van der Waals surface area contributed by atoms with Gasteiger partial charge in [-0.25, -0.2) is 0 Å². The second-order valence-electron chi connectivity index (χ2n) is 4.59. The zero-order valence-corrected chi connectivity index (χ0v) is 9.40. The van der Waals surface area contributed by atoms with Gasteiger partial charge in [-0.2, -0.15) is 0 Å². The smallest absolute Gasteiger partial charge is 0.274 e. The number of hydrogen-bond donors (Lipinski definition) is 1. The third-order valence-electron chi connectivity index (χ3n) is 3.44. The highest BCUT2D eigenvalue weighted by Gasteiger charge is 2.37. The third-order valence-corrected chi connectivity index (χ3v) is 3.44. The van der Waals surface area contributed by atoms with Gasteiger partial charge < -0.3 is 5.73 Å². The lowest BCUT2D eigenvalue weighted by Gasteiger charge is -2.25. The third kappa shape index (κ3) is 1.69. The maximum atomic E-state index is 11.0. The first-order valence-electron chi connectivity index (χ1n) is 5.58. The second kappa shape index (κ2) is 3.87. The van der Waals surface area contributed by atoms with E-state index < -0.39 is 5.54 Å². The summed E-state index contributed by atoms with van der Waals surface area (Å²) in [5.41, 5.74) is 7.66. The first-order valence-corrected chi connectivity index (χ1v) is 5.58. The highest BCUT2D eigenvalue weighted by Crippen LogP contribution is 2.41. The van der Waals surface area contributed by atoms with Crippen molar-refractivity contribution in [3.8, 4) is 0 Å². The molecule has 0 radical (unpaired) electrons. The van der Waals surface area contributed by atoms with E-state index in [1.165, 1.54) is 0 Å². The summed E-state index contributed by atoms with van der Waals surface area (Å²) in [7, 11) is 0. The lowest BCUT2D eigenvalue weighted by molar-refractivity contribution is -0.386. The lowest BCUT2D eigenvalue weighted by atomic mass is 9.85. The van der Waals surface area contributed by atoms with Crippen LogP contribution in [0.1, 0.15) is 36.8 Å². The van der Waals surface area contributed by atoms with Crippen LogP contribution in [0.4, 0.5) is 5.69 Å². The molecule has 4 heteroatoms. The fraction of sp³-hybridized carbons (Fsp3) is 0.500. The summed E-state index contributed by atoms with van der Waals surface area (Å²) in [6.45, 7) is 1.90. The number of nitro groups is 1. The van der Waals surface area contributed by atoms with Crippen molar-refractivity contribution >= 4 is 5.69 Å². The van der Waals surface area contributed by atoms with Gasteiger partial charge in [0.25, 0.3) is 5.69 Å². The van der Waals surface area contributed by atoms with Crippen LogP contribution in [0.15, 0.2) is 18.2 Å². The predicted molar refractivity (Wildman–Crippen MR) is 62.2 cm³/mol. The Morgan fingerprint density at radius 3 is 2.56 bits per heavy atom. The van der Waals surface area contributed by atoms with E-state index in [1.807, 2.05) is 13.0 Å². The molecule has 0 heterocycles. The van der Waals surface area contributed by atoms with Crippen LogP contribution in [0.25, 0.3) is 0 Å². The Morgan fingerprint density at radius 2 is 2.00 bits per heavy atom. The van der Waals surface area contributed by atoms with Crippen LogP contribution in [0, 0.1) is 17.0 Å². The average Bonchev–Trinajstić information content (AvgIpc) is 2.65. The van der Waals surface area contributed by atoms with Gasteiger partial charge in [0.2, 0.25) is 0 Å². The fourth-order valence-corrected chi connectivity index (χ4v) is 2.71. The van der Waals surface area contributed by atoms with E-state index in [0.717, 1.165) is 36.8 Å².